The molecule has 1 atom stereocenters. The molecule has 3 heteroatoms. The molecule has 0 spiro atoms. The Labute approximate surface area is 68.5 Å². The molecule has 1 saturated heterocycles. The lowest BCUT2D eigenvalue weighted by molar-refractivity contribution is 0.0198. The van der Waals surface area contributed by atoms with Crippen molar-refractivity contribution in [1.82, 2.24) is 10.6 Å². The summed E-state index contributed by atoms with van der Waals surface area (Å²) in [6, 6.07) is 0. The highest BCUT2D eigenvalue weighted by atomic mass is 16.5. The molecule has 0 amide bonds. The second-order valence-electron chi connectivity index (χ2n) is 2.87. The Balaban J connectivity index is 1.96. The van der Waals surface area contributed by atoms with Gasteiger partial charge in [0.15, 0.2) is 0 Å². The minimum Gasteiger partial charge on any atom is -0.362 e. The lowest BCUT2D eigenvalue weighted by atomic mass is 10.3. The molecule has 0 aromatic carbocycles. The molecule has 0 saturated carbocycles. The van der Waals surface area contributed by atoms with Gasteiger partial charge in [0.05, 0.1) is 0 Å². The van der Waals surface area contributed by atoms with Crippen molar-refractivity contribution in [2.45, 2.75) is 26.0 Å². The van der Waals surface area contributed by atoms with Gasteiger partial charge in [-0.2, -0.15) is 0 Å². The van der Waals surface area contributed by atoms with Gasteiger partial charge in [0.25, 0.3) is 0 Å². The van der Waals surface area contributed by atoms with Gasteiger partial charge in [-0.1, -0.05) is 13.3 Å². The third-order valence-corrected chi connectivity index (χ3v) is 1.82. The third-order valence-electron chi connectivity index (χ3n) is 1.82. The van der Waals surface area contributed by atoms with Gasteiger partial charge in [-0.05, 0) is 6.42 Å². The van der Waals surface area contributed by atoms with E-state index in [0.717, 1.165) is 32.7 Å². The minimum absolute atomic E-state index is 0.246. The maximum atomic E-state index is 5.55. The van der Waals surface area contributed by atoms with Crippen molar-refractivity contribution in [3.8, 4) is 0 Å². The smallest absolute Gasteiger partial charge is 0.120 e. The molecule has 0 bridgehead atoms. The van der Waals surface area contributed by atoms with Gasteiger partial charge in [-0.15, -0.1) is 0 Å². The third kappa shape index (κ3) is 3.70. The molecule has 1 aliphatic rings. The molecular formula is C8H18N2O. The zero-order valence-electron chi connectivity index (χ0n) is 7.23. The lowest BCUT2D eigenvalue weighted by Crippen LogP contribution is -2.49. The van der Waals surface area contributed by atoms with E-state index < -0.39 is 0 Å². The molecule has 0 aromatic heterocycles. The number of piperazine rings is 1. The van der Waals surface area contributed by atoms with Gasteiger partial charge in [0.2, 0.25) is 0 Å². The van der Waals surface area contributed by atoms with Crippen LogP contribution in [-0.2, 0) is 4.74 Å². The Morgan fingerprint density at radius 3 is 3.00 bits per heavy atom. The summed E-state index contributed by atoms with van der Waals surface area (Å²) in [5.41, 5.74) is 0. The summed E-state index contributed by atoms with van der Waals surface area (Å²) >= 11 is 0. The Morgan fingerprint density at radius 2 is 2.36 bits per heavy atom. The second-order valence-corrected chi connectivity index (χ2v) is 2.87. The molecule has 0 aromatic rings. The quantitative estimate of drug-likeness (QED) is 0.578. The van der Waals surface area contributed by atoms with Gasteiger partial charge >= 0.3 is 0 Å². The average molecular weight is 158 g/mol. The molecule has 1 fully saturated rings. The minimum atomic E-state index is 0.246. The topological polar surface area (TPSA) is 33.3 Å². The van der Waals surface area contributed by atoms with E-state index in [9.17, 15) is 0 Å². The highest BCUT2D eigenvalue weighted by Gasteiger charge is 2.10. The highest BCUT2D eigenvalue weighted by molar-refractivity contribution is 4.66. The van der Waals surface area contributed by atoms with E-state index in [1.807, 2.05) is 0 Å². The van der Waals surface area contributed by atoms with E-state index in [1.165, 1.54) is 6.42 Å². The summed E-state index contributed by atoms with van der Waals surface area (Å²) in [4.78, 5) is 0. The summed E-state index contributed by atoms with van der Waals surface area (Å²) in [6.07, 6.45) is 2.62. The van der Waals surface area contributed by atoms with Crippen molar-refractivity contribution < 1.29 is 4.74 Å². The molecule has 0 aliphatic carbocycles. The molecule has 1 aliphatic heterocycles. The van der Waals surface area contributed by atoms with Crippen LogP contribution in [0.5, 0.6) is 0 Å². The van der Waals surface area contributed by atoms with E-state index >= 15 is 0 Å². The second kappa shape index (κ2) is 5.52. The van der Waals surface area contributed by atoms with Crippen LogP contribution in [0.4, 0.5) is 0 Å². The van der Waals surface area contributed by atoms with Crippen LogP contribution in [0.1, 0.15) is 19.8 Å². The van der Waals surface area contributed by atoms with Crippen molar-refractivity contribution in [1.29, 1.82) is 0 Å². The molecule has 1 unspecified atom stereocenters. The average Bonchev–Trinajstić information content (AvgIpc) is 2.07. The fraction of sp³-hybridized carbons (Fsp3) is 1.00. The Bertz CT molecular complexity index is 92.1. The molecule has 1 rings (SSSR count). The number of hydrogen-bond acceptors (Lipinski definition) is 3. The first-order valence-corrected chi connectivity index (χ1v) is 4.49. The standard InChI is InChI=1S/C8H18N2O/c1-2-3-6-11-8-7-9-4-5-10-8/h8-10H,2-7H2,1H3. The van der Waals surface area contributed by atoms with Crippen molar-refractivity contribution in [3.63, 3.8) is 0 Å². The number of hydrogen-bond donors (Lipinski definition) is 2. The fourth-order valence-corrected chi connectivity index (χ4v) is 1.11. The van der Waals surface area contributed by atoms with Gasteiger partial charge in [0.1, 0.15) is 6.23 Å². The summed E-state index contributed by atoms with van der Waals surface area (Å²) in [7, 11) is 0. The molecule has 66 valence electrons. The fourth-order valence-electron chi connectivity index (χ4n) is 1.11. The summed E-state index contributed by atoms with van der Waals surface area (Å²) in [6.45, 7) is 6.10. The molecule has 2 N–H and O–H groups in total. The van der Waals surface area contributed by atoms with E-state index in [-0.39, 0.29) is 6.23 Å². The van der Waals surface area contributed by atoms with Crippen molar-refractivity contribution in [3.05, 3.63) is 0 Å². The number of nitrogens with one attached hydrogen (secondary N) is 2. The van der Waals surface area contributed by atoms with E-state index in [1.54, 1.807) is 0 Å². The van der Waals surface area contributed by atoms with Crippen LogP contribution in [0.2, 0.25) is 0 Å². The van der Waals surface area contributed by atoms with Gasteiger partial charge in [0, 0.05) is 26.2 Å². The molecular weight excluding hydrogens is 140 g/mol. The summed E-state index contributed by atoms with van der Waals surface area (Å²) < 4.78 is 5.55. The predicted octanol–water partition coefficient (Wildman–Crippen LogP) is 0.322. The van der Waals surface area contributed by atoms with E-state index in [2.05, 4.69) is 17.6 Å². The number of ether oxygens (including phenoxy) is 1. The molecule has 0 radical (unpaired) electrons. The van der Waals surface area contributed by atoms with Crippen molar-refractivity contribution >= 4 is 0 Å². The van der Waals surface area contributed by atoms with Gasteiger partial charge in [-0.3, -0.25) is 5.32 Å². The van der Waals surface area contributed by atoms with Crippen LogP contribution < -0.4 is 10.6 Å². The van der Waals surface area contributed by atoms with Gasteiger partial charge in [-0.25, -0.2) is 0 Å². The summed E-state index contributed by atoms with van der Waals surface area (Å²) in [5, 5.41) is 6.57. The van der Waals surface area contributed by atoms with Crippen LogP contribution in [0, 0.1) is 0 Å². The predicted molar refractivity (Wildman–Crippen MR) is 45.5 cm³/mol. The first kappa shape index (κ1) is 8.97. The molecule has 11 heavy (non-hydrogen) atoms. The zero-order valence-corrected chi connectivity index (χ0v) is 7.23. The first-order valence-electron chi connectivity index (χ1n) is 4.49. The molecule has 1 heterocycles. The van der Waals surface area contributed by atoms with Gasteiger partial charge < -0.3 is 10.1 Å². The maximum Gasteiger partial charge on any atom is 0.120 e. The largest absolute Gasteiger partial charge is 0.362 e. The lowest BCUT2D eigenvalue weighted by Gasteiger charge is -2.24. The monoisotopic (exact) mass is 158 g/mol. The maximum absolute atomic E-state index is 5.55. The first-order chi connectivity index (χ1) is 5.43. The van der Waals surface area contributed by atoms with Crippen LogP contribution in [-0.4, -0.2) is 32.5 Å². The Morgan fingerprint density at radius 1 is 1.45 bits per heavy atom. The Kier molecular flexibility index (Phi) is 4.50. The van der Waals surface area contributed by atoms with E-state index in [0.29, 0.717) is 0 Å². The zero-order chi connectivity index (χ0) is 7.94. The normalized spacial score (nSPS) is 25.4. The highest BCUT2D eigenvalue weighted by Crippen LogP contribution is 1.93. The van der Waals surface area contributed by atoms with Crippen LogP contribution in [0.3, 0.4) is 0 Å². The molecule has 3 nitrogen and oxygen atoms in total. The Hall–Kier alpha value is -0.120. The van der Waals surface area contributed by atoms with Crippen LogP contribution >= 0.6 is 0 Å². The summed E-state index contributed by atoms with van der Waals surface area (Å²) in [5.74, 6) is 0. The SMILES string of the molecule is CCCCOC1CNCCN1. The van der Waals surface area contributed by atoms with Crippen molar-refractivity contribution in [2.75, 3.05) is 26.2 Å². The number of unbranched alkanes of at least 4 members (excludes halogenated alkanes) is 1. The van der Waals surface area contributed by atoms with Crippen LogP contribution in [0.15, 0.2) is 0 Å². The van der Waals surface area contributed by atoms with Crippen LogP contribution in [0.25, 0.3) is 0 Å². The van der Waals surface area contributed by atoms with Crippen molar-refractivity contribution in [2.24, 2.45) is 0 Å². The number of rotatable bonds is 4. The van der Waals surface area contributed by atoms with E-state index in [4.69, 9.17) is 4.74 Å².